The van der Waals surface area contributed by atoms with E-state index in [0.717, 1.165) is 43.8 Å². The normalized spacial score (nSPS) is 43.4. The van der Waals surface area contributed by atoms with E-state index in [2.05, 4.69) is 66.9 Å². The van der Waals surface area contributed by atoms with E-state index in [1.54, 1.807) is 4.31 Å². The highest BCUT2D eigenvalue weighted by Gasteiger charge is 2.71. The highest BCUT2D eigenvalue weighted by atomic mass is 32.2. The Balaban J connectivity index is 1.16. The van der Waals surface area contributed by atoms with Crippen LogP contribution in [-0.4, -0.2) is 68.7 Å². The molecule has 0 amide bonds. The number of unbranched alkanes of at least 4 members (excludes halogenated alkanes) is 1. The van der Waals surface area contributed by atoms with E-state index in [4.69, 9.17) is 4.74 Å². The van der Waals surface area contributed by atoms with Crippen molar-refractivity contribution >= 4 is 16.0 Å². The summed E-state index contributed by atoms with van der Waals surface area (Å²) in [6.07, 6.45) is 18.7. The van der Waals surface area contributed by atoms with Crippen LogP contribution in [0.25, 0.3) is 0 Å². The van der Waals surface area contributed by atoms with E-state index in [1.807, 2.05) is 0 Å². The van der Waals surface area contributed by atoms with Crippen LogP contribution in [0.4, 0.5) is 0 Å². The maximum atomic E-state index is 12.9. The van der Waals surface area contributed by atoms with Crippen molar-refractivity contribution in [3.63, 3.8) is 0 Å². The second kappa shape index (κ2) is 13.7. The molecule has 0 bridgehead atoms. The number of nitrogens with zero attached hydrogens (tertiary/aromatic N) is 2. The molecule has 10 atom stereocenters. The van der Waals surface area contributed by atoms with Gasteiger partial charge in [-0.15, -0.1) is 0 Å². The number of ether oxygens (including phenoxy) is 1. The molecule has 7 heteroatoms. The number of sulfonamides is 1. The molecule has 6 fully saturated rings. The van der Waals surface area contributed by atoms with Crippen LogP contribution in [0.3, 0.4) is 0 Å². The minimum atomic E-state index is -3.08. The summed E-state index contributed by atoms with van der Waals surface area (Å²) >= 11 is 0. The Labute approximate surface area is 307 Å². The zero-order valence-electron chi connectivity index (χ0n) is 33.6. The van der Waals surface area contributed by atoms with Gasteiger partial charge < -0.3 is 9.64 Å². The van der Waals surface area contributed by atoms with Crippen LogP contribution in [0.2, 0.25) is 0 Å². The molecular formula is C43H74N2O4S. The number of hydrogen-bond donors (Lipinski definition) is 0. The lowest BCUT2D eigenvalue weighted by Crippen LogP contribution is -2.66. The van der Waals surface area contributed by atoms with Crippen molar-refractivity contribution in [2.75, 3.05) is 39.0 Å². The molecule has 0 unspecified atom stereocenters. The van der Waals surface area contributed by atoms with E-state index >= 15 is 0 Å². The fourth-order valence-electron chi connectivity index (χ4n) is 14.5. The van der Waals surface area contributed by atoms with E-state index in [1.165, 1.54) is 88.9 Å². The summed E-state index contributed by atoms with van der Waals surface area (Å²) in [5.41, 5.74) is 2.85. The van der Waals surface area contributed by atoms with Crippen molar-refractivity contribution in [2.45, 2.75) is 151 Å². The van der Waals surface area contributed by atoms with Crippen molar-refractivity contribution in [3.8, 4) is 0 Å². The van der Waals surface area contributed by atoms with Gasteiger partial charge in [0.2, 0.25) is 10.0 Å². The zero-order valence-corrected chi connectivity index (χ0v) is 34.4. The standard InChI is InChI=1S/C43H74N2O4S/c1-30(2)29-37(46)49-36-17-19-40(7)34(39(36,5)6)16-20-42(9)35(40)14-13-33-38-32(31(3)4)15-21-43(38,23-22-41(33,42)8)18-11-12-24-44-25-27-45(28-26-44)50(10,47)48/h30,32-36,38H,3,11-29H2,1-2,4-10H3/t32-,33+,34-,35+,36-,38+,40-,41+,42+,43+/m0/s1. The van der Waals surface area contributed by atoms with Gasteiger partial charge in [-0.3, -0.25) is 4.79 Å². The van der Waals surface area contributed by atoms with Gasteiger partial charge in [-0.05, 0) is 148 Å². The molecule has 0 aromatic rings. The summed E-state index contributed by atoms with van der Waals surface area (Å²) in [5.74, 6) is 3.83. The van der Waals surface area contributed by atoms with E-state index in [-0.39, 0.29) is 22.9 Å². The van der Waals surface area contributed by atoms with Gasteiger partial charge >= 0.3 is 5.97 Å². The fraction of sp³-hybridized carbons (Fsp3) is 0.930. The molecule has 0 spiro atoms. The largest absolute Gasteiger partial charge is 0.462 e. The Hall–Kier alpha value is -0.920. The van der Waals surface area contributed by atoms with Crippen LogP contribution >= 0.6 is 0 Å². The quantitative estimate of drug-likeness (QED) is 0.128. The van der Waals surface area contributed by atoms with E-state index in [0.29, 0.717) is 53.5 Å². The molecule has 0 aromatic carbocycles. The van der Waals surface area contributed by atoms with Gasteiger partial charge in [-0.1, -0.05) is 67.0 Å². The lowest BCUT2D eigenvalue weighted by molar-refractivity contribution is -0.250. The zero-order chi connectivity index (χ0) is 36.5. The number of hydrogen-bond acceptors (Lipinski definition) is 5. The second-order valence-corrected chi connectivity index (χ2v) is 22.4. The van der Waals surface area contributed by atoms with Crippen molar-refractivity contribution in [1.29, 1.82) is 0 Å². The van der Waals surface area contributed by atoms with E-state index < -0.39 is 10.0 Å². The number of piperazine rings is 1. The molecule has 286 valence electrons. The van der Waals surface area contributed by atoms with Crippen LogP contribution in [0.1, 0.15) is 145 Å². The van der Waals surface area contributed by atoms with Crippen LogP contribution in [0.15, 0.2) is 12.2 Å². The fourth-order valence-corrected chi connectivity index (χ4v) is 15.4. The maximum absolute atomic E-state index is 12.9. The Kier molecular flexibility index (Phi) is 10.7. The lowest BCUT2D eigenvalue weighted by atomic mass is 9.32. The first-order valence-electron chi connectivity index (χ1n) is 20.8. The smallest absolute Gasteiger partial charge is 0.306 e. The van der Waals surface area contributed by atoms with Gasteiger partial charge in [-0.25, -0.2) is 8.42 Å². The summed E-state index contributed by atoms with van der Waals surface area (Å²) in [7, 11) is -3.08. The maximum Gasteiger partial charge on any atom is 0.306 e. The highest BCUT2D eigenvalue weighted by Crippen LogP contribution is 2.78. The summed E-state index contributed by atoms with van der Waals surface area (Å²) in [6, 6.07) is 0. The van der Waals surface area contributed by atoms with Crippen molar-refractivity contribution < 1.29 is 17.9 Å². The number of carbonyl (C=O) groups excluding carboxylic acids is 1. The van der Waals surface area contributed by atoms with Crippen LogP contribution in [0.5, 0.6) is 0 Å². The third-order valence-electron chi connectivity index (χ3n) is 17.2. The summed E-state index contributed by atoms with van der Waals surface area (Å²) in [4.78, 5) is 15.4. The average Bonchev–Trinajstić information content (AvgIpc) is 3.41. The average molecular weight is 715 g/mol. The van der Waals surface area contributed by atoms with Crippen LogP contribution in [-0.2, 0) is 19.6 Å². The summed E-state index contributed by atoms with van der Waals surface area (Å²) in [6.45, 7) is 28.3. The van der Waals surface area contributed by atoms with Crippen molar-refractivity contribution in [3.05, 3.63) is 12.2 Å². The van der Waals surface area contributed by atoms with Crippen molar-refractivity contribution in [1.82, 2.24) is 9.21 Å². The summed E-state index contributed by atoms with van der Waals surface area (Å²) < 4.78 is 31.9. The highest BCUT2D eigenvalue weighted by molar-refractivity contribution is 7.88. The molecule has 0 radical (unpaired) electrons. The number of allylic oxidation sites excluding steroid dienone is 1. The van der Waals surface area contributed by atoms with Crippen LogP contribution < -0.4 is 0 Å². The predicted molar refractivity (Wildman–Crippen MR) is 205 cm³/mol. The third kappa shape index (κ3) is 6.49. The van der Waals surface area contributed by atoms with Gasteiger partial charge in [0.25, 0.3) is 0 Å². The van der Waals surface area contributed by atoms with Gasteiger partial charge in [0.15, 0.2) is 0 Å². The predicted octanol–water partition coefficient (Wildman–Crippen LogP) is 9.35. The van der Waals surface area contributed by atoms with E-state index in [9.17, 15) is 13.2 Å². The topological polar surface area (TPSA) is 66.9 Å². The molecule has 6 aliphatic rings. The molecule has 50 heavy (non-hydrogen) atoms. The molecule has 0 N–H and O–H groups in total. The molecule has 1 aliphatic heterocycles. The Morgan fingerprint density at radius 1 is 0.840 bits per heavy atom. The molecule has 1 heterocycles. The summed E-state index contributed by atoms with van der Waals surface area (Å²) in [5, 5.41) is 0. The molecular weight excluding hydrogens is 641 g/mol. The molecule has 1 saturated heterocycles. The van der Waals surface area contributed by atoms with Gasteiger partial charge in [0.1, 0.15) is 6.10 Å². The molecule has 6 rings (SSSR count). The number of fused-ring (bicyclic) bond motifs is 7. The Morgan fingerprint density at radius 2 is 1.54 bits per heavy atom. The number of esters is 1. The van der Waals surface area contributed by atoms with Gasteiger partial charge in [0.05, 0.1) is 6.26 Å². The Morgan fingerprint density at radius 3 is 2.18 bits per heavy atom. The number of rotatable bonds is 10. The van der Waals surface area contributed by atoms with Gasteiger partial charge in [0, 0.05) is 38.0 Å². The number of carbonyl (C=O) groups is 1. The second-order valence-electron chi connectivity index (χ2n) is 20.4. The molecule has 5 saturated carbocycles. The van der Waals surface area contributed by atoms with Crippen molar-refractivity contribution in [2.24, 2.45) is 62.6 Å². The van der Waals surface area contributed by atoms with Crippen LogP contribution in [0, 0.1) is 62.6 Å². The molecule has 5 aliphatic carbocycles. The van der Waals surface area contributed by atoms with Gasteiger partial charge in [-0.2, -0.15) is 4.31 Å². The minimum Gasteiger partial charge on any atom is -0.462 e. The molecule has 6 nitrogen and oxygen atoms in total. The first kappa shape index (κ1) is 38.8. The molecule has 0 aromatic heterocycles. The first-order chi connectivity index (χ1) is 23.3. The monoisotopic (exact) mass is 715 g/mol. The first-order valence-corrected chi connectivity index (χ1v) is 22.7. The third-order valence-corrected chi connectivity index (χ3v) is 18.5. The lowest BCUT2D eigenvalue weighted by Gasteiger charge is -2.73. The minimum absolute atomic E-state index is 0.00176. The SMILES string of the molecule is C=C(C)[C@@H]1CC[C@]2(CCCCN3CCN(S(C)(=O)=O)CC3)CC[C@]3(C)[C@H](CC[C@@H]4[C@@]5(C)CC[C@H](OC(=O)CC(C)C)C(C)(C)[C@@H]5CC[C@]43C)[C@@H]12. The Bertz CT molecular complexity index is 1380.